The number of hydrogen-bond acceptors (Lipinski definition) is 2. The molecule has 4 heteroatoms. The maximum absolute atomic E-state index is 11.4. The first-order valence-corrected chi connectivity index (χ1v) is 5.39. The average Bonchev–Trinajstić information content (AvgIpc) is 2.68. The predicted molar refractivity (Wildman–Crippen MR) is 66.6 cm³/mol. The highest BCUT2D eigenvalue weighted by atomic mass is 16.1. The lowest BCUT2D eigenvalue weighted by molar-refractivity contribution is 0.0999. The fourth-order valence-corrected chi connectivity index (χ4v) is 1.85. The Kier molecular flexibility index (Phi) is 2.71. The maximum atomic E-state index is 11.4. The van der Waals surface area contributed by atoms with Crippen LogP contribution in [0.4, 0.5) is 0 Å². The Morgan fingerprint density at radius 3 is 2.53 bits per heavy atom. The molecule has 0 fully saturated rings. The lowest BCUT2D eigenvalue weighted by Crippen LogP contribution is -2.13. The summed E-state index contributed by atoms with van der Waals surface area (Å²) in [4.78, 5) is 11.4. The van der Waals surface area contributed by atoms with Gasteiger partial charge in [0.1, 0.15) is 0 Å². The van der Waals surface area contributed by atoms with Gasteiger partial charge in [0.15, 0.2) is 0 Å². The summed E-state index contributed by atoms with van der Waals surface area (Å²) >= 11 is 0. The Hall–Kier alpha value is -2.10. The molecule has 0 bridgehead atoms. The molecule has 0 aliphatic rings. The van der Waals surface area contributed by atoms with Crippen LogP contribution in [0.25, 0.3) is 11.1 Å². The van der Waals surface area contributed by atoms with Gasteiger partial charge in [0, 0.05) is 24.4 Å². The van der Waals surface area contributed by atoms with E-state index >= 15 is 0 Å². The van der Waals surface area contributed by atoms with Crippen LogP contribution in [0.1, 0.15) is 21.5 Å². The van der Waals surface area contributed by atoms with Gasteiger partial charge < -0.3 is 5.73 Å². The van der Waals surface area contributed by atoms with Gasteiger partial charge >= 0.3 is 0 Å². The molecule has 1 heterocycles. The molecule has 0 saturated carbocycles. The minimum atomic E-state index is -0.392. The standard InChI is InChI=1S/C13H15N3O/c1-8-4-10(11-6-15-16(3)7-11)5-12(9(8)2)13(14)17/h4-7H,1-3H3,(H2,14,17). The molecule has 4 nitrogen and oxygen atoms in total. The zero-order valence-electron chi connectivity index (χ0n) is 10.2. The normalized spacial score (nSPS) is 10.5. The van der Waals surface area contributed by atoms with Gasteiger partial charge in [-0.1, -0.05) is 6.07 Å². The average molecular weight is 229 g/mol. The molecular formula is C13H15N3O. The molecule has 0 aliphatic heterocycles. The number of nitrogens with zero attached hydrogens (tertiary/aromatic N) is 2. The molecule has 2 N–H and O–H groups in total. The van der Waals surface area contributed by atoms with Crippen LogP contribution in [-0.2, 0) is 7.05 Å². The Labute approximate surface area is 100 Å². The topological polar surface area (TPSA) is 60.9 Å². The zero-order chi connectivity index (χ0) is 12.6. The fourth-order valence-electron chi connectivity index (χ4n) is 1.85. The van der Waals surface area contributed by atoms with Crippen molar-refractivity contribution < 1.29 is 4.79 Å². The summed E-state index contributed by atoms with van der Waals surface area (Å²) in [7, 11) is 1.86. The van der Waals surface area contributed by atoms with Crippen LogP contribution >= 0.6 is 0 Å². The van der Waals surface area contributed by atoms with Crippen LogP contribution in [0.3, 0.4) is 0 Å². The van der Waals surface area contributed by atoms with Crippen molar-refractivity contribution >= 4 is 5.91 Å². The first-order chi connectivity index (χ1) is 7.99. The predicted octanol–water partition coefficient (Wildman–Crippen LogP) is 1.80. The lowest BCUT2D eigenvalue weighted by Gasteiger charge is -2.08. The number of carbonyl (C=O) groups excluding carboxylic acids is 1. The number of carbonyl (C=O) groups is 1. The summed E-state index contributed by atoms with van der Waals surface area (Å²) in [5.74, 6) is -0.392. The van der Waals surface area contributed by atoms with E-state index in [1.165, 1.54) is 0 Å². The van der Waals surface area contributed by atoms with Crippen LogP contribution in [0.5, 0.6) is 0 Å². The van der Waals surface area contributed by atoms with Crippen molar-refractivity contribution in [3.63, 3.8) is 0 Å². The van der Waals surface area contributed by atoms with E-state index < -0.39 is 5.91 Å². The molecular weight excluding hydrogens is 214 g/mol. The molecule has 1 aromatic carbocycles. The Morgan fingerprint density at radius 1 is 1.29 bits per heavy atom. The van der Waals surface area contributed by atoms with E-state index in [4.69, 9.17) is 5.73 Å². The quantitative estimate of drug-likeness (QED) is 0.853. The van der Waals surface area contributed by atoms with Crippen molar-refractivity contribution in [3.05, 3.63) is 41.2 Å². The zero-order valence-corrected chi connectivity index (χ0v) is 10.2. The van der Waals surface area contributed by atoms with E-state index in [2.05, 4.69) is 5.10 Å². The van der Waals surface area contributed by atoms with Crippen molar-refractivity contribution in [1.82, 2.24) is 9.78 Å². The molecule has 0 saturated heterocycles. The molecule has 2 rings (SSSR count). The Morgan fingerprint density at radius 2 is 2.00 bits per heavy atom. The lowest BCUT2D eigenvalue weighted by atomic mass is 9.97. The number of aryl methyl sites for hydroxylation is 2. The van der Waals surface area contributed by atoms with Gasteiger partial charge in [-0.3, -0.25) is 9.48 Å². The third kappa shape index (κ3) is 2.06. The van der Waals surface area contributed by atoms with Gasteiger partial charge in [-0.25, -0.2) is 0 Å². The van der Waals surface area contributed by atoms with Crippen molar-refractivity contribution in [2.75, 3.05) is 0 Å². The van der Waals surface area contributed by atoms with Gasteiger partial charge in [0.05, 0.1) is 6.20 Å². The fraction of sp³-hybridized carbons (Fsp3) is 0.231. The molecule has 1 amide bonds. The third-order valence-corrected chi connectivity index (χ3v) is 2.97. The Balaban J connectivity index is 2.60. The van der Waals surface area contributed by atoms with E-state index in [0.29, 0.717) is 5.56 Å². The Bertz CT molecular complexity index is 584. The number of nitrogens with two attached hydrogens (primary N) is 1. The second-order valence-electron chi connectivity index (χ2n) is 4.23. The van der Waals surface area contributed by atoms with E-state index in [-0.39, 0.29) is 0 Å². The second-order valence-corrected chi connectivity index (χ2v) is 4.23. The van der Waals surface area contributed by atoms with E-state index in [9.17, 15) is 4.79 Å². The van der Waals surface area contributed by atoms with E-state index in [0.717, 1.165) is 22.3 Å². The first-order valence-electron chi connectivity index (χ1n) is 5.39. The summed E-state index contributed by atoms with van der Waals surface area (Å²) in [6.45, 7) is 3.88. The monoisotopic (exact) mass is 229 g/mol. The van der Waals surface area contributed by atoms with Gasteiger partial charge in [-0.15, -0.1) is 0 Å². The highest BCUT2D eigenvalue weighted by molar-refractivity contribution is 5.96. The van der Waals surface area contributed by atoms with E-state index in [1.54, 1.807) is 10.9 Å². The maximum Gasteiger partial charge on any atom is 0.248 e. The SMILES string of the molecule is Cc1cc(-c2cnn(C)c2)cc(C(N)=O)c1C. The van der Waals surface area contributed by atoms with Crippen LogP contribution in [-0.4, -0.2) is 15.7 Å². The van der Waals surface area contributed by atoms with Crippen molar-refractivity contribution in [2.45, 2.75) is 13.8 Å². The van der Waals surface area contributed by atoms with Gasteiger partial charge in [-0.2, -0.15) is 5.10 Å². The molecule has 0 atom stereocenters. The van der Waals surface area contributed by atoms with Crippen LogP contribution < -0.4 is 5.73 Å². The summed E-state index contributed by atoms with van der Waals surface area (Å²) in [6, 6.07) is 3.86. The number of benzene rings is 1. The molecule has 17 heavy (non-hydrogen) atoms. The summed E-state index contributed by atoms with van der Waals surface area (Å²) < 4.78 is 1.73. The first kappa shape index (κ1) is 11.4. The summed E-state index contributed by atoms with van der Waals surface area (Å²) in [6.07, 6.45) is 3.68. The summed E-state index contributed by atoms with van der Waals surface area (Å²) in [5, 5.41) is 4.12. The number of hydrogen-bond donors (Lipinski definition) is 1. The number of aromatic nitrogens is 2. The molecule has 0 aliphatic carbocycles. The van der Waals surface area contributed by atoms with Crippen molar-refractivity contribution in [3.8, 4) is 11.1 Å². The minimum absolute atomic E-state index is 0.392. The summed E-state index contributed by atoms with van der Waals surface area (Å²) in [5.41, 5.74) is 9.89. The largest absolute Gasteiger partial charge is 0.366 e. The highest BCUT2D eigenvalue weighted by Gasteiger charge is 2.10. The van der Waals surface area contributed by atoms with Gasteiger partial charge in [0.2, 0.25) is 5.91 Å². The number of amides is 1. The smallest absolute Gasteiger partial charge is 0.248 e. The van der Waals surface area contributed by atoms with Crippen LogP contribution in [0, 0.1) is 13.8 Å². The molecule has 0 radical (unpaired) electrons. The van der Waals surface area contributed by atoms with Crippen LogP contribution in [0.15, 0.2) is 24.5 Å². The minimum Gasteiger partial charge on any atom is -0.366 e. The van der Waals surface area contributed by atoms with Crippen molar-refractivity contribution in [1.29, 1.82) is 0 Å². The molecule has 88 valence electrons. The van der Waals surface area contributed by atoms with E-state index in [1.807, 2.05) is 39.2 Å². The van der Waals surface area contributed by atoms with Crippen LogP contribution in [0.2, 0.25) is 0 Å². The highest BCUT2D eigenvalue weighted by Crippen LogP contribution is 2.24. The molecule has 0 unspecified atom stereocenters. The third-order valence-electron chi connectivity index (χ3n) is 2.97. The molecule has 2 aromatic rings. The van der Waals surface area contributed by atoms with Gasteiger partial charge in [0.25, 0.3) is 0 Å². The second kappa shape index (κ2) is 4.05. The molecule has 0 spiro atoms. The number of rotatable bonds is 2. The number of primary amides is 1. The molecule has 1 aromatic heterocycles. The van der Waals surface area contributed by atoms with Crippen molar-refractivity contribution in [2.24, 2.45) is 12.8 Å². The van der Waals surface area contributed by atoms with Gasteiger partial charge in [-0.05, 0) is 36.6 Å².